The van der Waals surface area contributed by atoms with E-state index in [1.807, 2.05) is 19.2 Å². The number of hydrogen-bond acceptors (Lipinski definition) is 12. The zero-order valence-corrected chi connectivity index (χ0v) is 37.4. The van der Waals surface area contributed by atoms with Crippen LogP contribution < -0.4 is 15.4 Å². The summed E-state index contributed by atoms with van der Waals surface area (Å²) in [6.45, 7) is 10.4. The standard InChI is InChI=1S/C28H33N5O2.C21H25BrN4O/c1-2-35-26-10-5-21(17-29-26)19-3-4-20-16-25-27(24(20)15-19)28(31-18-30-25)32-22-6-8-23(9-7-22)33-11-13-34-14-12-33;22-15-2-1-14-11-19-20(18(14)12-15)21(24-13-23-19)25-16-3-5-17(6-4-16)26-7-9-27-10-8-26/h3-5,10,15,17-18,22-23H,2,6-9,11-14,16H2,1H3,(H,30,31,32);1-2,12-13,16-17H,3-11H2,(H,23,24,25). The number of nitrogens with zero attached hydrogens (tertiary/aromatic N) is 7. The fourth-order valence-corrected chi connectivity index (χ4v) is 10.9. The number of anilines is 2. The van der Waals surface area contributed by atoms with E-state index in [0.29, 0.717) is 30.6 Å². The Kier molecular flexibility index (Phi) is 12.8. The molecule has 6 aliphatic rings. The summed E-state index contributed by atoms with van der Waals surface area (Å²) >= 11 is 3.61. The highest BCUT2D eigenvalue weighted by molar-refractivity contribution is 9.10. The van der Waals surface area contributed by atoms with E-state index in [1.54, 1.807) is 12.7 Å². The number of halogens is 1. The van der Waals surface area contributed by atoms with Crippen LogP contribution in [0.3, 0.4) is 0 Å². The predicted molar refractivity (Wildman–Crippen MR) is 247 cm³/mol. The molecule has 324 valence electrons. The number of morpholine rings is 2. The van der Waals surface area contributed by atoms with E-state index in [9.17, 15) is 0 Å². The lowest BCUT2D eigenvalue weighted by Crippen LogP contribution is -2.46. The number of ether oxygens (including phenoxy) is 3. The average Bonchev–Trinajstić information content (AvgIpc) is 3.89. The van der Waals surface area contributed by atoms with Crippen LogP contribution in [0.1, 0.15) is 80.8 Å². The van der Waals surface area contributed by atoms with Crippen molar-refractivity contribution in [3.63, 3.8) is 0 Å². The first kappa shape index (κ1) is 41.5. The van der Waals surface area contributed by atoms with Crippen LogP contribution in [0.4, 0.5) is 11.6 Å². The van der Waals surface area contributed by atoms with E-state index in [4.69, 9.17) is 19.2 Å². The summed E-state index contributed by atoms with van der Waals surface area (Å²) in [6.07, 6.45) is 16.8. The topological polar surface area (TPSA) is 123 Å². The highest BCUT2D eigenvalue weighted by Crippen LogP contribution is 2.43. The Morgan fingerprint density at radius 1 is 0.613 bits per heavy atom. The summed E-state index contributed by atoms with van der Waals surface area (Å²) in [5, 5.41) is 7.56. The molecule has 2 saturated carbocycles. The molecular weight excluding hydrogens is 843 g/mol. The van der Waals surface area contributed by atoms with Crippen molar-refractivity contribution < 1.29 is 14.2 Å². The second-order valence-electron chi connectivity index (χ2n) is 17.5. The van der Waals surface area contributed by atoms with Gasteiger partial charge in [-0.2, -0.15) is 0 Å². The minimum Gasteiger partial charge on any atom is -0.478 e. The van der Waals surface area contributed by atoms with Crippen LogP contribution in [0.5, 0.6) is 5.88 Å². The second-order valence-corrected chi connectivity index (χ2v) is 18.4. The van der Waals surface area contributed by atoms with Crippen molar-refractivity contribution in [2.24, 2.45) is 0 Å². The predicted octanol–water partition coefficient (Wildman–Crippen LogP) is 8.43. The second kappa shape index (κ2) is 19.1. The summed E-state index contributed by atoms with van der Waals surface area (Å²) in [5.41, 5.74) is 12.0. The van der Waals surface area contributed by atoms with Crippen LogP contribution in [0.15, 0.2) is 71.9 Å². The maximum atomic E-state index is 5.54. The van der Waals surface area contributed by atoms with Crippen molar-refractivity contribution in [3.05, 3.63) is 94.4 Å². The molecule has 0 spiro atoms. The smallest absolute Gasteiger partial charge is 0.213 e. The van der Waals surface area contributed by atoms with Crippen LogP contribution in [0.2, 0.25) is 0 Å². The van der Waals surface area contributed by atoms with Crippen molar-refractivity contribution in [2.45, 2.75) is 95.3 Å². The van der Waals surface area contributed by atoms with E-state index in [0.717, 1.165) is 110 Å². The third-order valence-electron chi connectivity index (χ3n) is 13.8. The Morgan fingerprint density at radius 3 is 1.65 bits per heavy atom. The molecule has 2 aliphatic heterocycles. The van der Waals surface area contributed by atoms with E-state index in [-0.39, 0.29) is 0 Å². The lowest BCUT2D eigenvalue weighted by atomic mass is 9.89. The van der Waals surface area contributed by atoms with E-state index in [1.165, 1.54) is 84.7 Å². The van der Waals surface area contributed by atoms with Crippen LogP contribution in [0, 0.1) is 0 Å². The number of nitrogens with one attached hydrogen (secondary N) is 2. The van der Waals surface area contributed by atoms with Gasteiger partial charge in [-0.25, -0.2) is 24.9 Å². The van der Waals surface area contributed by atoms with Gasteiger partial charge in [-0.05, 0) is 110 Å². The molecule has 62 heavy (non-hydrogen) atoms. The monoisotopic (exact) mass is 899 g/mol. The fourth-order valence-electron chi connectivity index (χ4n) is 10.6. The van der Waals surface area contributed by atoms with E-state index in [2.05, 4.69) is 98.8 Å². The number of pyridine rings is 1. The third kappa shape index (κ3) is 9.10. The van der Waals surface area contributed by atoms with Crippen LogP contribution >= 0.6 is 15.9 Å². The Bertz CT molecular complexity index is 2320. The van der Waals surface area contributed by atoms with Gasteiger partial charge in [0.15, 0.2) is 0 Å². The SMILES string of the molecule is Brc1ccc2c(c1)-c1c(ncnc1NC1CCC(N3CCOCC3)CC1)C2.CCOc1ccc(-c2ccc3c(c2)-c2c(ncnc2NC2CCC(N4CCOCC4)CC2)C3)cn1. The summed E-state index contributed by atoms with van der Waals surface area (Å²) < 4.78 is 17.6. The van der Waals surface area contributed by atoms with Crippen LogP contribution in [0.25, 0.3) is 33.4 Å². The molecule has 4 aliphatic carbocycles. The molecule has 12 nitrogen and oxygen atoms in total. The van der Waals surface area contributed by atoms with Gasteiger partial charge in [-0.1, -0.05) is 34.1 Å². The molecule has 4 fully saturated rings. The number of aromatic nitrogens is 5. The molecule has 11 rings (SSSR count). The Balaban J connectivity index is 0.000000153. The molecule has 2 saturated heterocycles. The number of benzene rings is 2. The zero-order valence-electron chi connectivity index (χ0n) is 35.8. The van der Waals surface area contributed by atoms with Crippen LogP contribution in [-0.4, -0.2) is 118 Å². The molecule has 13 heteroatoms. The van der Waals surface area contributed by atoms with Gasteiger partial charge in [0.05, 0.1) is 44.4 Å². The highest BCUT2D eigenvalue weighted by Gasteiger charge is 2.31. The Hall–Kier alpha value is -4.53. The summed E-state index contributed by atoms with van der Waals surface area (Å²) in [6, 6.07) is 19.5. The summed E-state index contributed by atoms with van der Waals surface area (Å²) in [5.74, 6) is 2.64. The normalized spacial score (nSPS) is 23.3. The lowest BCUT2D eigenvalue weighted by Gasteiger charge is -2.39. The Labute approximate surface area is 373 Å². The average molecular weight is 901 g/mol. The highest BCUT2D eigenvalue weighted by atomic mass is 79.9. The van der Waals surface area contributed by atoms with Gasteiger partial charge in [0.1, 0.15) is 24.3 Å². The first-order valence-corrected chi connectivity index (χ1v) is 23.7. The fraction of sp³-hybridized carbons (Fsp3) is 0.490. The minimum atomic E-state index is 0.453. The van der Waals surface area contributed by atoms with Gasteiger partial charge in [-0.3, -0.25) is 9.80 Å². The van der Waals surface area contributed by atoms with Crippen LogP contribution in [-0.2, 0) is 22.3 Å². The summed E-state index contributed by atoms with van der Waals surface area (Å²) in [4.78, 5) is 28.2. The molecule has 0 unspecified atom stereocenters. The lowest BCUT2D eigenvalue weighted by molar-refractivity contribution is 0.00788. The largest absolute Gasteiger partial charge is 0.478 e. The number of fused-ring (bicyclic) bond motifs is 6. The van der Waals surface area contributed by atoms with Crippen molar-refractivity contribution >= 4 is 27.6 Å². The quantitative estimate of drug-likeness (QED) is 0.145. The van der Waals surface area contributed by atoms with E-state index >= 15 is 0 Å². The molecule has 2 aromatic carbocycles. The molecule has 0 amide bonds. The third-order valence-corrected chi connectivity index (χ3v) is 14.3. The molecule has 0 radical (unpaired) electrons. The Morgan fingerprint density at radius 2 is 1.13 bits per heavy atom. The number of hydrogen-bond donors (Lipinski definition) is 2. The zero-order chi connectivity index (χ0) is 41.8. The molecular formula is C49H58BrN9O3. The van der Waals surface area contributed by atoms with Gasteiger partial charge in [0, 0.05) is 96.6 Å². The maximum absolute atomic E-state index is 5.54. The molecule has 0 bridgehead atoms. The molecule has 5 heterocycles. The molecule has 2 N–H and O–H groups in total. The molecule has 0 atom stereocenters. The maximum Gasteiger partial charge on any atom is 0.213 e. The van der Waals surface area contributed by atoms with Gasteiger partial charge in [0.25, 0.3) is 0 Å². The van der Waals surface area contributed by atoms with Crippen molar-refractivity contribution in [1.82, 2.24) is 34.7 Å². The van der Waals surface area contributed by atoms with Gasteiger partial charge < -0.3 is 24.8 Å². The molecule has 3 aromatic heterocycles. The molecule has 5 aromatic rings. The first-order chi connectivity index (χ1) is 30.6. The van der Waals surface area contributed by atoms with Crippen molar-refractivity contribution in [3.8, 4) is 39.3 Å². The van der Waals surface area contributed by atoms with Crippen molar-refractivity contribution in [2.75, 3.05) is 69.8 Å². The van der Waals surface area contributed by atoms with E-state index < -0.39 is 0 Å². The minimum absolute atomic E-state index is 0.453. The first-order valence-electron chi connectivity index (χ1n) is 22.9. The van der Waals surface area contributed by atoms with Gasteiger partial charge >= 0.3 is 0 Å². The van der Waals surface area contributed by atoms with Gasteiger partial charge in [-0.15, -0.1) is 0 Å². The number of rotatable bonds is 9. The van der Waals surface area contributed by atoms with Crippen molar-refractivity contribution in [1.29, 1.82) is 0 Å². The van der Waals surface area contributed by atoms with Gasteiger partial charge in [0.2, 0.25) is 5.88 Å². The summed E-state index contributed by atoms with van der Waals surface area (Å²) in [7, 11) is 0.